The number of rotatable bonds is 7. The first-order valence-corrected chi connectivity index (χ1v) is 5.18. The lowest BCUT2D eigenvalue weighted by atomic mass is 10.1. The molecule has 0 aliphatic carbocycles. The minimum Gasteiger partial charge on any atom is -0.480 e. The van der Waals surface area contributed by atoms with Crippen LogP contribution >= 0.6 is 0 Å². The zero-order valence-corrected chi connectivity index (χ0v) is 9.96. The molecule has 0 unspecified atom stereocenters. The number of carbonyl (C=O) groups is 3. The van der Waals surface area contributed by atoms with Gasteiger partial charge in [-0.2, -0.15) is 11.8 Å². The van der Waals surface area contributed by atoms with Crippen LogP contribution in [0, 0.1) is 0 Å². The third kappa shape index (κ3) is 16.7. The fraction of sp³-hybridized carbons (Fsp3) is 0.667. The summed E-state index contributed by atoms with van der Waals surface area (Å²) in [6.45, 7) is -0.278. The molecule has 0 radical (unpaired) electrons. The maximum atomic E-state index is 10.5. The topological polar surface area (TPSA) is 168 Å². The number of hydrogen-bond acceptors (Lipinski definition) is 8. The van der Waals surface area contributed by atoms with Gasteiger partial charge in [-0.3, -0.25) is 14.4 Å². The lowest BCUT2D eigenvalue weighted by molar-refractivity contribution is -0.144. The molecular formula is C9H19N3O6. The summed E-state index contributed by atoms with van der Waals surface area (Å²) < 4.78 is 0. The van der Waals surface area contributed by atoms with Crippen LogP contribution in [0.3, 0.4) is 0 Å². The normalized spacial score (nSPS) is 8.83. The Morgan fingerprint density at radius 2 is 1.22 bits per heavy atom. The maximum absolute atomic E-state index is 10.5. The van der Waals surface area contributed by atoms with Gasteiger partial charge < -0.3 is 20.5 Å². The van der Waals surface area contributed by atoms with E-state index in [4.69, 9.17) is 5.11 Å². The fourth-order valence-corrected chi connectivity index (χ4v) is 0.833. The van der Waals surface area contributed by atoms with Gasteiger partial charge in [0.25, 0.3) is 0 Å². The van der Waals surface area contributed by atoms with E-state index in [2.05, 4.69) is 27.2 Å². The largest absolute Gasteiger partial charge is 0.480 e. The number of aliphatic carboxylic acids is 1. The molecule has 0 saturated carbocycles. The van der Waals surface area contributed by atoms with Crippen LogP contribution in [0.4, 0.5) is 0 Å². The number of carboxylic acid groups (broad SMARTS) is 1. The third-order valence-corrected chi connectivity index (χ3v) is 1.70. The van der Waals surface area contributed by atoms with Gasteiger partial charge in [-0.1, -0.05) is 6.42 Å². The Bertz CT molecular complexity index is 241. The van der Waals surface area contributed by atoms with Crippen LogP contribution in [0.15, 0.2) is 0 Å². The molecule has 0 fully saturated rings. The van der Waals surface area contributed by atoms with E-state index in [1.807, 2.05) is 0 Å². The van der Waals surface area contributed by atoms with Crippen molar-refractivity contribution in [3.8, 4) is 0 Å². The molecule has 0 aromatic heterocycles. The highest BCUT2D eigenvalue weighted by Crippen LogP contribution is 2.03. The Kier molecular flexibility index (Phi) is 13.8. The van der Waals surface area contributed by atoms with Crippen molar-refractivity contribution in [1.82, 2.24) is 0 Å². The minimum absolute atomic E-state index is 0.272. The molecule has 9 nitrogen and oxygen atoms in total. The molecule has 0 aliphatic heterocycles. The smallest absolute Gasteiger partial charge is 0.324 e. The van der Waals surface area contributed by atoms with Crippen LogP contribution < -0.4 is 17.5 Å². The van der Waals surface area contributed by atoms with Gasteiger partial charge in [0.1, 0.15) is 0 Å². The molecule has 0 spiro atoms. The van der Waals surface area contributed by atoms with Crippen LogP contribution in [-0.2, 0) is 24.1 Å². The zero-order valence-electron chi connectivity index (χ0n) is 9.96. The molecule has 0 aromatic carbocycles. The number of carboxylic acids is 1. The van der Waals surface area contributed by atoms with Gasteiger partial charge in [-0.25, -0.2) is 0 Å². The fourth-order valence-electron chi connectivity index (χ4n) is 0.833. The second-order valence-electron chi connectivity index (χ2n) is 3.14. The summed E-state index contributed by atoms with van der Waals surface area (Å²) in [6.07, 6.45) is 2.58. The Morgan fingerprint density at radius 3 is 1.44 bits per heavy atom. The number of nitrogens with two attached hydrogens (primary N) is 3. The molecule has 0 rings (SSSR count). The standard InChI is InChI=1S/C7H14N2O4.C2H5NO2/c8-12-6(10)4-2-1-3-5-7(11)13-9;3-1-2(4)5/h1-5,8-9H2;1,3H2,(H,4,5). The summed E-state index contributed by atoms with van der Waals surface area (Å²) in [5.41, 5.74) is 4.57. The van der Waals surface area contributed by atoms with E-state index < -0.39 is 17.9 Å². The van der Waals surface area contributed by atoms with E-state index in [1.54, 1.807) is 0 Å². The van der Waals surface area contributed by atoms with Crippen LogP contribution in [0.2, 0.25) is 0 Å². The van der Waals surface area contributed by atoms with Gasteiger partial charge >= 0.3 is 17.9 Å². The van der Waals surface area contributed by atoms with Gasteiger partial charge in [-0.05, 0) is 12.8 Å². The number of unbranched alkanes of at least 4 members (excludes halogenated alkanes) is 2. The highest BCUT2D eigenvalue weighted by atomic mass is 16.7. The first kappa shape index (κ1) is 18.6. The van der Waals surface area contributed by atoms with E-state index in [0.717, 1.165) is 6.42 Å². The van der Waals surface area contributed by atoms with Gasteiger partial charge in [0, 0.05) is 12.8 Å². The van der Waals surface area contributed by atoms with Crippen molar-refractivity contribution >= 4 is 17.9 Å². The van der Waals surface area contributed by atoms with E-state index in [1.165, 1.54) is 0 Å². The average molecular weight is 265 g/mol. The van der Waals surface area contributed by atoms with Gasteiger partial charge in [0.15, 0.2) is 0 Å². The summed E-state index contributed by atoms with van der Waals surface area (Å²) >= 11 is 0. The molecule has 0 amide bonds. The van der Waals surface area contributed by atoms with Crippen molar-refractivity contribution in [2.45, 2.75) is 32.1 Å². The van der Waals surface area contributed by atoms with Crippen molar-refractivity contribution in [3.63, 3.8) is 0 Å². The van der Waals surface area contributed by atoms with Crippen molar-refractivity contribution in [3.05, 3.63) is 0 Å². The van der Waals surface area contributed by atoms with Gasteiger partial charge in [-0.15, -0.1) is 0 Å². The number of hydrogen-bond donors (Lipinski definition) is 4. The van der Waals surface area contributed by atoms with Gasteiger partial charge in [0.05, 0.1) is 6.54 Å². The van der Waals surface area contributed by atoms with Crippen molar-refractivity contribution in [1.29, 1.82) is 0 Å². The monoisotopic (exact) mass is 265 g/mol. The van der Waals surface area contributed by atoms with Crippen molar-refractivity contribution in [2.24, 2.45) is 17.5 Å². The molecule has 7 N–H and O–H groups in total. The molecule has 0 aromatic rings. The zero-order chi connectivity index (χ0) is 14.4. The Balaban J connectivity index is 0. The number of carbonyl (C=O) groups excluding carboxylic acids is 2. The Labute approximate surface area is 104 Å². The highest BCUT2D eigenvalue weighted by molar-refractivity contribution is 5.69. The lowest BCUT2D eigenvalue weighted by Crippen LogP contribution is -2.10. The van der Waals surface area contributed by atoms with Crippen LogP contribution in [0.5, 0.6) is 0 Å². The van der Waals surface area contributed by atoms with Crippen LogP contribution in [0.25, 0.3) is 0 Å². The molecular weight excluding hydrogens is 246 g/mol. The molecule has 0 heterocycles. The second-order valence-corrected chi connectivity index (χ2v) is 3.14. The van der Waals surface area contributed by atoms with E-state index in [9.17, 15) is 14.4 Å². The molecule has 0 atom stereocenters. The molecule has 0 bridgehead atoms. The average Bonchev–Trinajstić information content (AvgIpc) is 2.38. The SMILES string of the molecule is NCC(=O)O.NOC(=O)CCCCCC(=O)ON. The Morgan fingerprint density at radius 1 is 0.889 bits per heavy atom. The summed E-state index contributed by atoms with van der Waals surface area (Å²) in [5.74, 6) is 7.38. The highest BCUT2D eigenvalue weighted by Gasteiger charge is 2.02. The summed E-state index contributed by atoms with van der Waals surface area (Å²) in [7, 11) is 0. The van der Waals surface area contributed by atoms with E-state index >= 15 is 0 Å². The minimum atomic E-state index is -0.968. The summed E-state index contributed by atoms with van der Waals surface area (Å²) in [4.78, 5) is 38.2. The molecule has 18 heavy (non-hydrogen) atoms. The molecule has 0 saturated heterocycles. The molecule has 106 valence electrons. The van der Waals surface area contributed by atoms with Crippen LogP contribution in [-0.4, -0.2) is 29.6 Å². The van der Waals surface area contributed by atoms with Crippen molar-refractivity contribution in [2.75, 3.05) is 6.54 Å². The van der Waals surface area contributed by atoms with E-state index in [0.29, 0.717) is 12.8 Å². The van der Waals surface area contributed by atoms with Gasteiger partial charge in [0.2, 0.25) is 0 Å². The first-order valence-electron chi connectivity index (χ1n) is 5.18. The second kappa shape index (κ2) is 13.4. The van der Waals surface area contributed by atoms with Crippen LogP contribution in [0.1, 0.15) is 32.1 Å². The Hall–Kier alpha value is -1.71. The molecule has 0 aliphatic rings. The molecule has 9 heteroatoms. The van der Waals surface area contributed by atoms with Crippen molar-refractivity contribution < 1.29 is 29.2 Å². The summed E-state index contributed by atoms with van der Waals surface area (Å²) in [6, 6.07) is 0. The van der Waals surface area contributed by atoms with E-state index in [-0.39, 0.29) is 19.4 Å². The first-order chi connectivity index (χ1) is 8.47. The predicted molar refractivity (Wildman–Crippen MR) is 60.3 cm³/mol. The summed E-state index contributed by atoms with van der Waals surface area (Å²) in [5, 5.41) is 7.60. The third-order valence-electron chi connectivity index (χ3n) is 1.70. The lowest BCUT2D eigenvalue weighted by Gasteiger charge is -1.98. The maximum Gasteiger partial charge on any atom is 0.324 e. The predicted octanol–water partition coefficient (Wildman–Crippen LogP) is -1.20. The quantitative estimate of drug-likeness (QED) is 0.326.